The molecule has 0 radical (unpaired) electrons. The average Bonchev–Trinajstić information content (AvgIpc) is 3.67. The fraction of sp³-hybridized carbons (Fsp3) is 0.282. The number of nitrogens with zero attached hydrogens (tertiary/aromatic N) is 4. The lowest BCUT2D eigenvalue weighted by Gasteiger charge is -2.35. The average molecular weight is 698 g/mol. The molecule has 2 aliphatic heterocycles. The fourth-order valence-electron chi connectivity index (χ4n) is 7.25. The van der Waals surface area contributed by atoms with Crippen LogP contribution in [0.3, 0.4) is 0 Å². The van der Waals surface area contributed by atoms with E-state index < -0.39 is 5.41 Å². The quantitative estimate of drug-likeness (QED) is 0.116. The van der Waals surface area contributed by atoms with E-state index >= 15 is 0 Å². The van der Waals surface area contributed by atoms with Crippen molar-refractivity contribution in [3.05, 3.63) is 135 Å². The number of imidazole rings is 1. The van der Waals surface area contributed by atoms with Crippen LogP contribution in [0.1, 0.15) is 57.8 Å². The first-order valence-corrected chi connectivity index (χ1v) is 17.3. The molecule has 0 bridgehead atoms. The number of ketones is 1. The number of rotatable bonds is 9. The number of carbonyl (C=O) groups excluding carboxylic acids is 3. The van der Waals surface area contributed by atoms with Crippen LogP contribution in [0.25, 0.3) is 11.0 Å². The molecule has 7 nitrogen and oxygen atoms in total. The van der Waals surface area contributed by atoms with E-state index in [9.17, 15) is 18.8 Å². The monoisotopic (exact) mass is 696 g/mol. The van der Waals surface area contributed by atoms with E-state index in [1.165, 1.54) is 17.0 Å². The van der Waals surface area contributed by atoms with Crippen LogP contribution in [0.2, 0.25) is 10.0 Å². The van der Waals surface area contributed by atoms with Gasteiger partial charge in [0.05, 0.1) is 21.1 Å². The second-order valence-electron chi connectivity index (χ2n) is 13.1. The number of aromatic nitrogens is 2. The van der Waals surface area contributed by atoms with Gasteiger partial charge in [-0.3, -0.25) is 19.3 Å². The molecule has 2 aliphatic rings. The van der Waals surface area contributed by atoms with Crippen molar-refractivity contribution >= 4 is 51.8 Å². The normalized spacial score (nSPS) is 18.8. The Kier molecular flexibility index (Phi) is 9.38. The molecule has 4 aromatic carbocycles. The van der Waals surface area contributed by atoms with Gasteiger partial charge in [-0.05, 0) is 98.6 Å². The summed E-state index contributed by atoms with van der Waals surface area (Å²) < 4.78 is 15.5. The van der Waals surface area contributed by atoms with Gasteiger partial charge in [0.25, 0.3) is 5.91 Å². The van der Waals surface area contributed by atoms with Gasteiger partial charge >= 0.3 is 0 Å². The fourth-order valence-corrected chi connectivity index (χ4v) is 7.55. The van der Waals surface area contributed by atoms with Crippen molar-refractivity contribution in [3.63, 3.8) is 0 Å². The Morgan fingerprint density at radius 2 is 1.59 bits per heavy atom. The summed E-state index contributed by atoms with van der Waals surface area (Å²) in [6.07, 6.45) is 2.16. The predicted octanol–water partition coefficient (Wildman–Crippen LogP) is 7.83. The van der Waals surface area contributed by atoms with Crippen LogP contribution < -0.4 is 0 Å². The first-order chi connectivity index (χ1) is 23.7. The van der Waals surface area contributed by atoms with E-state index in [-0.39, 0.29) is 42.3 Å². The number of likely N-dealkylation sites (tertiary alicyclic amines) is 2. The van der Waals surface area contributed by atoms with Crippen molar-refractivity contribution < 1.29 is 18.8 Å². The highest BCUT2D eigenvalue weighted by Gasteiger charge is 2.47. The molecule has 49 heavy (non-hydrogen) atoms. The van der Waals surface area contributed by atoms with Gasteiger partial charge in [-0.2, -0.15) is 0 Å². The van der Waals surface area contributed by atoms with Crippen LogP contribution in [-0.4, -0.2) is 63.1 Å². The third-order valence-electron chi connectivity index (χ3n) is 10.0. The molecule has 1 atom stereocenters. The summed E-state index contributed by atoms with van der Waals surface area (Å²) in [6.45, 7) is 2.78. The number of fused-ring (bicyclic) bond motifs is 1. The van der Waals surface area contributed by atoms with Crippen molar-refractivity contribution in [3.8, 4) is 0 Å². The second kappa shape index (κ2) is 13.9. The molecule has 250 valence electrons. The lowest BCUT2D eigenvalue weighted by Crippen LogP contribution is -2.41. The van der Waals surface area contributed by atoms with E-state index in [0.717, 1.165) is 22.2 Å². The molecule has 2 saturated heterocycles. The first-order valence-electron chi connectivity index (χ1n) is 16.5. The smallest absolute Gasteiger partial charge is 0.260 e. The van der Waals surface area contributed by atoms with E-state index in [4.69, 9.17) is 28.2 Å². The molecule has 10 heteroatoms. The van der Waals surface area contributed by atoms with Crippen LogP contribution in [0.4, 0.5) is 4.39 Å². The number of carbonyl (C=O) groups is 3. The zero-order valence-electron chi connectivity index (χ0n) is 26.8. The number of piperidine rings is 1. The summed E-state index contributed by atoms with van der Waals surface area (Å²) in [6, 6.07) is 28.3. The van der Waals surface area contributed by atoms with E-state index in [1.54, 1.807) is 42.5 Å². The predicted molar refractivity (Wildman–Crippen MR) is 189 cm³/mol. The van der Waals surface area contributed by atoms with Crippen LogP contribution >= 0.6 is 23.2 Å². The Morgan fingerprint density at radius 3 is 2.33 bits per heavy atom. The van der Waals surface area contributed by atoms with Crippen LogP contribution in [0.15, 0.2) is 97.1 Å². The Hall–Kier alpha value is -4.37. The van der Waals surface area contributed by atoms with Crippen molar-refractivity contribution in [1.29, 1.82) is 0 Å². The van der Waals surface area contributed by atoms with Gasteiger partial charge in [-0.25, -0.2) is 9.37 Å². The van der Waals surface area contributed by atoms with Gasteiger partial charge in [0.2, 0.25) is 11.7 Å². The highest BCUT2D eigenvalue weighted by atomic mass is 35.5. The van der Waals surface area contributed by atoms with Gasteiger partial charge in [-0.1, -0.05) is 71.7 Å². The Morgan fingerprint density at radius 1 is 0.878 bits per heavy atom. The lowest BCUT2D eigenvalue weighted by molar-refractivity contribution is -0.125. The number of hydrogen-bond donors (Lipinski definition) is 0. The maximum absolute atomic E-state index is 14.0. The molecular weight excluding hydrogens is 662 g/mol. The first kappa shape index (κ1) is 33.1. The zero-order chi connectivity index (χ0) is 34.1. The largest absolute Gasteiger partial charge is 0.317 e. The van der Waals surface area contributed by atoms with Gasteiger partial charge in [-0.15, -0.1) is 0 Å². The number of hydrogen-bond acceptors (Lipinski definition) is 5. The standard InChI is InChI=1S/C39H35Cl2FN4O3/c40-31-15-12-29(22-32(31)41)39(23-35(47)46(25-39)38(49)28-6-2-1-3-7-28)18-21-44-19-16-27(17-20-44)36(48)37-43-33-8-4-5-9-34(33)45(37)24-26-10-13-30(42)14-11-26/h1-15,22,27H,16-21,23-25H2. The van der Waals surface area contributed by atoms with Gasteiger partial charge < -0.3 is 9.47 Å². The third-order valence-corrected chi connectivity index (χ3v) is 10.8. The molecule has 1 unspecified atom stereocenters. The summed E-state index contributed by atoms with van der Waals surface area (Å²) in [7, 11) is 0. The topological polar surface area (TPSA) is 75.5 Å². The zero-order valence-corrected chi connectivity index (χ0v) is 28.3. The Bertz CT molecular complexity index is 2030. The van der Waals surface area contributed by atoms with E-state index in [1.807, 2.05) is 47.0 Å². The molecule has 0 spiro atoms. The van der Waals surface area contributed by atoms with Gasteiger partial charge in [0, 0.05) is 36.4 Å². The number of para-hydroxylation sites is 2. The second-order valence-corrected chi connectivity index (χ2v) is 13.9. The lowest BCUT2D eigenvalue weighted by atomic mass is 9.76. The number of benzene rings is 4. The highest BCUT2D eigenvalue weighted by molar-refractivity contribution is 6.42. The minimum Gasteiger partial charge on any atom is -0.317 e. The van der Waals surface area contributed by atoms with E-state index in [0.29, 0.717) is 66.9 Å². The third kappa shape index (κ3) is 6.78. The molecular formula is C39H35Cl2FN4O3. The molecule has 0 saturated carbocycles. The summed E-state index contributed by atoms with van der Waals surface area (Å²) in [5, 5.41) is 0.837. The van der Waals surface area contributed by atoms with Crippen LogP contribution in [0.5, 0.6) is 0 Å². The Balaban J connectivity index is 1.06. The molecule has 5 aromatic rings. The van der Waals surface area contributed by atoms with Crippen LogP contribution in [-0.2, 0) is 16.8 Å². The van der Waals surface area contributed by atoms with Gasteiger partial charge in [0.15, 0.2) is 5.82 Å². The molecule has 2 amide bonds. The SMILES string of the molecule is O=C(c1nc2ccccc2n1Cc1ccc(F)cc1)C1CCN(CCC2(c3ccc(Cl)c(Cl)c3)CC(=O)N(C(=O)c3ccccc3)C2)CC1. The van der Waals surface area contributed by atoms with Crippen molar-refractivity contribution in [2.45, 2.75) is 37.6 Å². The Labute approximate surface area is 294 Å². The summed E-state index contributed by atoms with van der Waals surface area (Å²) in [4.78, 5) is 49.3. The minimum atomic E-state index is -0.631. The number of imide groups is 1. The minimum absolute atomic E-state index is 0.0155. The maximum Gasteiger partial charge on any atom is 0.260 e. The summed E-state index contributed by atoms with van der Waals surface area (Å²) in [5.74, 6) is -0.569. The molecule has 0 N–H and O–H groups in total. The highest BCUT2D eigenvalue weighted by Crippen LogP contribution is 2.41. The molecule has 1 aromatic heterocycles. The van der Waals surface area contributed by atoms with Crippen LogP contribution in [0, 0.1) is 11.7 Å². The molecule has 7 rings (SSSR count). The van der Waals surface area contributed by atoms with Crippen molar-refractivity contribution in [1.82, 2.24) is 19.4 Å². The van der Waals surface area contributed by atoms with Crippen molar-refractivity contribution in [2.75, 3.05) is 26.2 Å². The molecule has 3 heterocycles. The number of amides is 2. The van der Waals surface area contributed by atoms with E-state index in [2.05, 4.69) is 4.90 Å². The number of halogens is 3. The summed E-state index contributed by atoms with van der Waals surface area (Å²) in [5.41, 5.74) is 3.23. The van der Waals surface area contributed by atoms with Crippen molar-refractivity contribution in [2.24, 2.45) is 5.92 Å². The molecule has 0 aliphatic carbocycles. The number of Topliss-reactive ketones (excluding diaryl/α,β-unsaturated/α-hetero) is 1. The van der Waals surface area contributed by atoms with Gasteiger partial charge in [0.1, 0.15) is 5.82 Å². The molecule has 2 fully saturated rings. The maximum atomic E-state index is 14.0. The summed E-state index contributed by atoms with van der Waals surface area (Å²) >= 11 is 12.7.